The maximum absolute atomic E-state index is 13.7. The van der Waals surface area contributed by atoms with Gasteiger partial charge in [0.05, 0.1) is 10.6 Å². The van der Waals surface area contributed by atoms with Gasteiger partial charge in [-0.05, 0) is 36.4 Å². The average Bonchev–Trinajstić information content (AvgIpc) is 2.40. The molecule has 2 rings (SSSR count). The molecule has 1 N–H and O–H groups in total. The van der Waals surface area contributed by atoms with Gasteiger partial charge in [-0.25, -0.2) is 17.2 Å². The van der Waals surface area contributed by atoms with Crippen LogP contribution in [-0.4, -0.2) is 14.7 Å². The Morgan fingerprint density at radius 3 is 2.43 bits per heavy atom. The van der Waals surface area contributed by atoms with Crippen molar-refractivity contribution >= 4 is 27.1 Å². The number of anilines is 1. The Hall–Kier alpha value is -1.66. The summed E-state index contributed by atoms with van der Waals surface area (Å²) in [7, 11) is -3.44. The molecular formula is C14H12ClF2NO2S. The van der Waals surface area contributed by atoms with Gasteiger partial charge in [-0.15, -0.1) is 0 Å². The molecule has 3 nitrogen and oxygen atoms in total. The molecule has 0 aliphatic carbocycles. The summed E-state index contributed by atoms with van der Waals surface area (Å²) in [5.74, 6) is -1.10. The van der Waals surface area contributed by atoms with E-state index in [2.05, 4.69) is 5.32 Å². The third kappa shape index (κ3) is 3.92. The van der Waals surface area contributed by atoms with Crippen LogP contribution in [0.25, 0.3) is 0 Å². The van der Waals surface area contributed by atoms with E-state index < -0.39 is 21.5 Å². The molecule has 0 aliphatic heterocycles. The van der Waals surface area contributed by atoms with E-state index in [0.717, 1.165) is 12.3 Å². The highest BCUT2D eigenvalue weighted by atomic mass is 35.5. The van der Waals surface area contributed by atoms with E-state index in [1.54, 1.807) is 0 Å². The van der Waals surface area contributed by atoms with Crippen LogP contribution in [0.2, 0.25) is 5.02 Å². The summed E-state index contributed by atoms with van der Waals surface area (Å²) in [5.41, 5.74) is 0.240. The summed E-state index contributed by atoms with van der Waals surface area (Å²) >= 11 is 5.77. The monoisotopic (exact) mass is 331 g/mol. The topological polar surface area (TPSA) is 46.2 Å². The molecule has 21 heavy (non-hydrogen) atoms. The Labute approximate surface area is 126 Å². The van der Waals surface area contributed by atoms with Gasteiger partial charge in [0.2, 0.25) is 0 Å². The molecule has 2 aromatic carbocycles. The molecule has 0 saturated heterocycles. The smallest absolute Gasteiger partial charge is 0.175 e. The predicted molar refractivity (Wildman–Crippen MR) is 78.2 cm³/mol. The van der Waals surface area contributed by atoms with Crippen LogP contribution in [0.1, 0.15) is 5.56 Å². The lowest BCUT2D eigenvalue weighted by Crippen LogP contribution is -2.05. The van der Waals surface area contributed by atoms with Crippen LogP contribution < -0.4 is 5.32 Å². The fraction of sp³-hybridized carbons (Fsp3) is 0.143. The number of hydrogen-bond acceptors (Lipinski definition) is 3. The maximum Gasteiger partial charge on any atom is 0.175 e. The summed E-state index contributed by atoms with van der Waals surface area (Å²) < 4.78 is 50.1. The van der Waals surface area contributed by atoms with Crippen molar-refractivity contribution in [2.24, 2.45) is 0 Å². The summed E-state index contributed by atoms with van der Waals surface area (Å²) in [6.07, 6.45) is 1.03. The molecule has 0 amide bonds. The number of rotatable bonds is 4. The Morgan fingerprint density at radius 1 is 1.10 bits per heavy atom. The van der Waals surface area contributed by atoms with Crippen LogP contribution in [0.3, 0.4) is 0 Å². The third-order valence-electron chi connectivity index (χ3n) is 2.84. The van der Waals surface area contributed by atoms with Crippen molar-refractivity contribution in [3.8, 4) is 0 Å². The van der Waals surface area contributed by atoms with Crippen molar-refractivity contribution in [3.63, 3.8) is 0 Å². The van der Waals surface area contributed by atoms with Gasteiger partial charge in [0, 0.05) is 23.4 Å². The largest absolute Gasteiger partial charge is 0.378 e. The van der Waals surface area contributed by atoms with E-state index in [9.17, 15) is 17.2 Å². The first-order valence-electron chi connectivity index (χ1n) is 5.95. The molecule has 0 unspecified atom stereocenters. The van der Waals surface area contributed by atoms with Crippen LogP contribution in [0.4, 0.5) is 14.5 Å². The molecule has 0 radical (unpaired) electrons. The van der Waals surface area contributed by atoms with Crippen molar-refractivity contribution < 1.29 is 17.2 Å². The lowest BCUT2D eigenvalue weighted by atomic mass is 10.2. The lowest BCUT2D eigenvalue weighted by Gasteiger charge is -2.10. The highest BCUT2D eigenvalue weighted by molar-refractivity contribution is 7.90. The van der Waals surface area contributed by atoms with Crippen LogP contribution in [0.5, 0.6) is 0 Å². The fourth-order valence-electron chi connectivity index (χ4n) is 1.74. The summed E-state index contributed by atoms with van der Waals surface area (Å²) in [6.45, 7) is -0.0173. The summed E-state index contributed by atoms with van der Waals surface area (Å²) in [5, 5.41) is 3.03. The minimum atomic E-state index is -3.44. The van der Waals surface area contributed by atoms with Gasteiger partial charge in [-0.2, -0.15) is 0 Å². The maximum atomic E-state index is 13.7. The minimum absolute atomic E-state index is 0.0158. The molecule has 0 fully saturated rings. The number of benzene rings is 2. The first-order valence-corrected chi connectivity index (χ1v) is 8.22. The van der Waals surface area contributed by atoms with Gasteiger partial charge in [0.1, 0.15) is 11.6 Å². The minimum Gasteiger partial charge on any atom is -0.378 e. The van der Waals surface area contributed by atoms with Crippen LogP contribution in [-0.2, 0) is 16.4 Å². The normalized spacial score (nSPS) is 11.4. The van der Waals surface area contributed by atoms with Gasteiger partial charge >= 0.3 is 0 Å². The molecule has 2 aromatic rings. The van der Waals surface area contributed by atoms with Crippen LogP contribution in [0.15, 0.2) is 41.3 Å². The van der Waals surface area contributed by atoms with E-state index in [4.69, 9.17) is 11.6 Å². The zero-order valence-electron chi connectivity index (χ0n) is 11.0. The lowest BCUT2D eigenvalue weighted by molar-refractivity contribution is 0.600. The number of nitrogens with one attached hydrogen (secondary N) is 1. The molecule has 0 aliphatic rings. The Morgan fingerprint density at radius 2 is 1.76 bits per heavy atom. The van der Waals surface area contributed by atoms with E-state index in [1.807, 2.05) is 0 Å². The summed E-state index contributed by atoms with van der Waals surface area (Å²) in [4.78, 5) is -0.0158. The van der Waals surface area contributed by atoms with E-state index in [0.29, 0.717) is 5.02 Å². The molecular weight excluding hydrogens is 320 g/mol. The van der Waals surface area contributed by atoms with Crippen molar-refractivity contribution in [2.75, 3.05) is 11.6 Å². The van der Waals surface area contributed by atoms with E-state index in [-0.39, 0.29) is 22.7 Å². The molecule has 7 heteroatoms. The summed E-state index contributed by atoms with van der Waals surface area (Å²) in [6, 6.07) is 7.44. The highest BCUT2D eigenvalue weighted by Gasteiger charge is 2.11. The van der Waals surface area contributed by atoms with Crippen LogP contribution in [0, 0.1) is 11.6 Å². The zero-order chi connectivity index (χ0) is 15.6. The quantitative estimate of drug-likeness (QED) is 0.870. The fourth-order valence-corrected chi connectivity index (χ4v) is 2.58. The second-order valence-electron chi connectivity index (χ2n) is 4.50. The Bertz CT molecular complexity index is 779. The Balaban J connectivity index is 2.26. The SMILES string of the molecule is CS(=O)(=O)c1ccc(F)c(NCc2cc(Cl)ccc2F)c1. The number of halogens is 3. The first kappa shape index (κ1) is 15.7. The second-order valence-corrected chi connectivity index (χ2v) is 6.96. The van der Waals surface area contributed by atoms with E-state index >= 15 is 0 Å². The van der Waals surface area contributed by atoms with Crippen molar-refractivity contribution in [2.45, 2.75) is 11.4 Å². The molecule has 0 aromatic heterocycles. The van der Waals surface area contributed by atoms with E-state index in [1.165, 1.54) is 30.3 Å². The van der Waals surface area contributed by atoms with Gasteiger partial charge in [0.25, 0.3) is 0 Å². The van der Waals surface area contributed by atoms with Gasteiger partial charge in [0.15, 0.2) is 9.84 Å². The third-order valence-corrected chi connectivity index (χ3v) is 4.19. The van der Waals surface area contributed by atoms with Crippen molar-refractivity contribution in [1.82, 2.24) is 0 Å². The molecule has 0 spiro atoms. The first-order chi connectivity index (χ1) is 9.77. The van der Waals surface area contributed by atoms with Crippen LogP contribution >= 0.6 is 11.6 Å². The molecule has 0 atom stereocenters. The standard InChI is InChI=1S/C14H12ClF2NO2S/c1-21(19,20)11-3-5-13(17)14(7-11)18-8-9-6-10(15)2-4-12(9)16/h2-7,18H,8H2,1H3. The average molecular weight is 332 g/mol. The van der Waals surface area contributed by atoms with Crippen molar-refractivity contribution in [3.05, 3.63) is 58.6 Å². The van der Waals surface area contributed by atoms with Gasteiger partial charge < -0.3 is 5.32 Å². The molecule has 0 saturated carbocycles. The highest BCUT2D eigenvalue weighted by Crippen LogP contribution is 2.21. The molecule has 0 bridgehead atoms. The number of sulfone groups is 1. The molecule has 112 valence electrons. The molecule has 0 heterocycles. The van der Waals surface area contributed by atoms with Gasteiger partial charge in [-0.1, -0.05) is 11.6 Å². The predicted octanol–water partition coefficient (Wildman–Crippen LogP) is 3.63. The number of hydrogen-bond donors (Lipinski definition) is 1. The van der Waals surface area contributed by atoms with Crippen molar-refractivity contribution in [1.29, 1.82) is 0 Å². The zero-order valence-corrected chi connectivity index (χ0v) is 12.6. The Kier molecular flexibility index (Phi) is 4.49. The second kappa shape index (κ2) is 5.99. The van der Waals surface area contributed by atoms with Gasteiger partial charge in [-0.3, -0.25) is 0 Å².